The third kappa shape index (κ3) is 4.74. The van der Waals surface area contributed by atoms with E-state index in [0.717, 1.165) is 28.0 Å². The SMILES string of the molecule is CNCc1cccc(COCc2cccc(Br)c2)n1. The molecule has 0 bridgehead atoms. The molecular weight excluding hydrogens is 304 g/mol. The Bertz CT molecular complexity index is 531. The number of rotatable bonds is 6. The lowest BCUT2D eigenvalue weighted by atomic mass is 10.2. The van der Waals surface area contributed by atoms with Gasteiger partial charge >= 0.3 is 0 Å². The summed E-state index contributed by atoms with van der Waals surface area (Å²) < 4.78 is 6.76. The van der Waals surface area contributed by atoms with Gasteiger partial charge in [0.1, 0.15) is 0 Å². The fourth-order valence-electron chi connectivity index (χ4n) is 1.79. The van der Waals surface area contributed by atoms with Gasteiger partial charge in [-0.05, 0) is 36.9 Å². The largest absolute Gasteiger partial charge is 0.370 e. The first-order valence-electron chi connectivity index (χ1n) is 6.19. The summed E-state index contributed by atoms with van der Waals surface area (Å²) >= 11 is 3.45. The van der Waals surface area contributed by atoms with Gasteiger partial charge in [0.15, 0.2) is 0 Å². The lowest BCUT2D eigenvalue weighted by Gasteiger charge is -2.06. The molecule has 4 heteroatoms. The molecule has 1 heterocycles. The van der Waals surface area contributed by atoms with Crippen LogP contribution in [0.5, 0.6) is 0 Å². The number of nitrogens with one attached hydrogen (secondary N) is 1. The first-order chi connectivity index (χ1) is 9.28. The zero-order valence-corrected chi connectivity index (χ0v) is 12.5. The summed E-state index contributed by atoms with van der Waals surface area (Å²) in [6.45, 7) is 1.90. The highest BCUT2D eigenvalue weighted by atomic mass is 79.9. The summed E-state index contributed by atoms with van der Waals surface area (Å²) in [7, 11) is 1.91. The predicted octanol–water partition coefficient (Wildman–Crippen LogP) is 3.28. The van der Waals surface area contributed by atoms with Gasteiger partial charge in [-0.15, -0.1) is 0 Å². The second-order valence-corrected chi connectivity index (χ2v) is 5.19. The minimum Gasteiger partial charge on any atom is -0.370 e. The van der Waals surface area contributed by atoms with Crippen LogP contribution in [0.2, 0.25) is 0 Å². The highest BCUT2D eigenvalue weighted by Crippen LogP contribution is 2.13. The number of pyridine rings is 1. The van der Waals surface area contributed by atoms with Gasteiger partial charge in [-0.25, -0.2) is 0 Å². The smallest absolute Gasteiger partial charge is 0.0892 e. The summed E-state index contributed by atoms with van der Waals surface area (Å²) in [6.07, 6.45) is 0. The van der Waals surface area contributed by atoms with Crippen LogP contribution in [-0.2, 0) is 24.5 Å². The van der Waals surface area contributed by atoms with Crippen molar-refractivity contribution >= 4 is 15.9 Å². The maximum atomic E-state index is 5.69. The van der Waals surface area contributed by atoms with Gasteiger partial charge in [-0.1, -0.05) is 34.1 Å². The summed E-state index contributed by atoms with van der Waals surface area (Å²) in [4.78, 5) is 4.51. The Morgan fingerprint density at radius 2 is 1.89 bits per heavy atom. The normalized spacial score (nSPS) is 10.6. The molecule has 2 rings (SSSR count). The van der Waals surface area contributed by atoms with Crippen molar-refractivity contribution in [1.29, 1.82) is 0 Å². The Hall–Kier alpha value is -1.23. The molecule has 2 aromatic rings. The minimum atomic E-state index is 0.532. The van der Waals surface area contributed by atoms with Crippen LogP contribution in [0.4, 0.5) is 0 Å². The lowest BCUT2D eigenvalue weighted by Crippen LogP contribution is -2.08. The maximum absolute atomic E-state index is 5.69. The van der Waals surface area contributed by atoms with Crippen LogP contribution in [0.3, 0.4) is 0 Å². The van der Waals surface area contributed by atoms with E-state index in [1.165, 1.54) is 0 Å². The molecule has 1 N–H and O–H groups in total. The van der Waals surface area contributed by atoms with Crippen molar-refractivity contribution < 1.29 is 4.74 Å². The van der Waals surface area contributed by atoms with Crippen LogP contribution in [0.15, 0.2) is 46.9 Å². The third-order valence-corrected chi connectivity index (χ3v) is 3.12. The number of hydrogen-bond donors (Lipinski definition) is 1. The highest BCUT2D eigenvalue weighted by molar-refractivity contribution is 9.10. The Kier molecular flexibility index (Phi) is 5.51. The maximum Gasteiger partial charge on any atom is 0.0892 e. The number of ether oxygens (including phenoxy) is 1. The van der Waals surface area contributed by atoms with Crippen molar-refractivity contribution in [2.24, 2.45) is 0 Å². The monoisotopic (exact) mass is 320 g/mol. The van der Waals surface area contributed by atoms with Gasteiger partial charge in [-0.2, -0.15) is 0 Å². The summed E-state index contributed by atoms with van der Waals surface area (Å²) in [5.41, 5.74) is 3.15. The van der Waals surface area contributed by atoms with E-state index in [-0.39, 0.29) is 0 Å². The Labute approximate surface area is 122 Å². The molecule has 19 heavy (non-hydrogen) atoms. The zero-order chi connectivity index (χ0) is 13.5. The molecule has 0 spiro atoms. The summed E-state index contributed by atoms with van der Waals surface area (Å²) in [5.74, 6) is 0. The highest BCUT2D eigenvalue weighted by Gasteiger charge is 1.99. The van der Waals surface area contributed by atoms with Crippen LogP contribution < -0.4 is 5.32 Å². The molecule has 0 aliphatic rings. The van der Waals surface area contributed by atoms with E-state index in [9.17, 15) is 0 Å². The van der Waals surface area contributed by atoms with Crippen LogP contribution in [0.25, 0.3) is 0 Å². The summed E-state index contributed by atoms with van der Waals surface area (Å²) in [5, 5.41) is 3.09. The molecule has 0 fully saturated rings. The molecule has 0 aliphatic heterocycles. The van der Waals surface area contributed by atoms with E-state index in [2.05, 4.69) is 38.4 Å². The minimum absolute atomic E-state index is 0.532. The van der Waals surface area contributed by atoms with E-state index >= 15 is 0 Å². The van der Waals surface area contributed by atoms with Gasteiger partial charge in [0.25, 0.3) is 0 Å². The molecular formula is C15H17BrN2O. The van der Waals surface area contributed by atoms with Crippen molar-refractivity contribution in [3.63, 3.8) is 0 Å². The van der Waals surface area contributed by atoms with E-state index in [0.29, 0.717) is 13.2 Å². The van der Waals surface area contributed by atoms with E-state index in [4.69, 9.17) is 4.74 Å². The zero-order valence-electron chi connectivity index (χ0n) is 10.9. The molecule has 1 aromatic heterocycles. The van der Waals surface area contributed by atoms with Crippen LogP contribution >= 0.6 is 15.9 Å². The summed E-state index contributed by atoms with van der Waals surface area (Å²) in [6, 6.07) is 14.1. The molecule has 0 radical (unpaired) electrons. The van der Waals surface area contributed by atoms with Gasteiger partial charge in [0.05, 0.1) is 24.6 Å². The van der Waals surface area contributed by atoms with Crippen molar-refractivity contribution in [2.45, 2.75) is 19.8 Å². The predicted molar refractivity (Wildman–Crippen MR) is 79.6 cm³/mol. The molecule has 0 aliphatic carbocycles. The van der Waals surface area contributed by atoms with E-state index in [1.807, 2.05) is 37.4 Å². The van der Waals surface area contributed by atoms with Gasteiger partial charge in [0.2, 0.25) is 0 Å². The molecule has 0 unspecified atom stereocenters. The number of halogens is 1. The lowest BCUT2D eigenvalue weighted by molar-refractivity contribution is 0.104. The third-order valence-electron chi connectivity index (χ3n) is 2.63. The Morgan fingerprint density at radius 3 is 2.68 bits per heavy atom. The number of hydrogen-bond acceptors (Lipinski definition) is 3. The van der Waals surface area contributed by atoms with E-state index in [1.54, 1.807) is 0 Å². The molecule has 100 valence electrons. The number of nitrogens with zero attached hydrogens (tertiary/aromatic N) is 1. The molecule has 0 amide bonds. The number of aromatic nitrogens is 1. The molecule has 0 saturated heterocycles. The van der Waals surface area contributed by atoms with Crippen molar-refractivity contribution in [3.05, 3.63) is 63.9 Å². The van der Waals surface area contributed by atoms with Crippen molar-refractivity contribution in [3.8, 4) is 0 Å². The van der Waals surface area contributed by atoms with Gasteiger partial charge in [-0.3, -0.25) is 4.98 Å². The van der Waals surface area contributed by atoms with Crippen LogP contribution in [0.1, 0.15) is 17.0 Å². The van der Waals surface area contributed by atoms with Crippen molar-refractivity contribution in [2.75, 3.05) is 7.05 Å². The Morgan fingerprint density at radius 1 is 1.11 bits per heavy atom. The fourth-order valence-corrected chi connectivity index (χ4v) is 2.24. The van der Waals surface area contributed by atoms with Gasteiger partial charge < -0.3 is 10.1 Å². The molecule has 0 saturated carbocycles. The molecule has 1 aromatic carbocycles. The first-order valence-corrected chi connectivity index (χ1v) is 6.99. The fraction of sp³-hybridized carbons (Fsp3) is 0.267. The quantitative estimate of drug-likeness (QED) is 0.887. The Balaban J connectivity index is 1.87. The average Bonchev–Trinajstić information content (AvgIpc) is 2.40. The molecule has 3 nitrogen and oxygen atoms in total. The van der Waals surface area contributed by atoms with Gasteiger partial charge in [0, 0.05) is 11.0 Å². The topological polar surface area (TPSA) is 34.1 Å². The standard InChI is InChI=1S/C15H17BrN2O/c1-17-9-14-6-3-7-15(18-14)11-19-10-12-4-2-5-13(16)8-12/h2-8,17H,9-11H2,1H3. The van der Waals surface area contributed by atoms with Crippen LogP contribution in [-0.4, -0.2) is 12.0 Å². The first kappa shape index (κ1) is 14.2. The molecule has 0 atom stereocenters. The second kappa shape index (κ2) is 7.38. The average molecular weight is 321 g/mol. The van der Waals surface area contributed by atoms with Crippen molar-refractivity contribution in [1.82, 2.24) is 10.3 Å². The second-order valence-electron chi connectivity index (χ2n) is 4.27. The van der Waals surface area contributed by atoms with Crippen LogP contribution in [0, 0.1) is 0 Å². The van der Waals surface area contributed by atoms with E-state index < -0.39 is 0 Å². The number of benzene rings is 1.